The molecule has 0 bridgehead atoms. The van der Waals surface area contributed by atoms with E-state index in [-0.39, 0.29) is 16.7 Å². The molecule has 0 fully saturated rings. The number of aromatic nitrogens is 3. The first kappa shape index (κ1) is 21.9. The van der Waals surface area contributed by atoms with E-state index >= 15 is 0 Å². The molecule has 0 aliphatic rings. The SMILES string of the molecule is COc1ccc(NC(=O)CSc2nnc(C(C)Oc3ccc(F)cc3Cl)n2C)cc1. The lowest BCUT2D eigenvalue weighted by Gasteiger charge is -2.15. The second-order valence-electron chi connectivity index (χ2n) is 6.30. The van der Waals surface area contributed by atoms with Crippen LogP contribution in [0.4, 0.5) is 10.1 Å². The Bertz CT molecular complexity index is 1030. The molecule has 0 radical (unpaired) electrons. The van der Waals surface area contributed by atoms with Crippen molar-refractivity contribution in [2.24, 2.45) is 7.05 Å². The van der Waals surface area contributed by atoms with Crippen LogP contribution >= 0.6 is 23.4 Å². The molecule has 0 aliphatic heterocycles. The highest BCUT2D eigenvalue weighted by Crippen LogP contribution is 2.30. The Morgan fingerprint density at radius 2 is 2.00 bits per heavy atom. The molecule has 1 aromatic heterocycles. The molecule has 1 unspecified atom stereocenters. The van der Waals surface area contributed by atoms with Gasteiger partial charge in [0.25, 0.3) is 0 Å². The second kappa shape index (κ2) is 9.82. The Labute approximate surface area is 182 Å². The number of methoxy groups -OCH3 is 1. The lowest BCUT2D eigenvalue weighted by Crippen LogP contribution is -2.14. The summed E-state index contributed by atoms with van der Waals surface area (Å²) >= 11 is 7.26. The summed E-state index contributed by atoms with van der Waals surface area (Å²) in [7, 11) is 3.37. The molecule has 158 valence electrons. The van der Waals surface area contributed by atoms with Crippen LogP contribution in [0.3, 0.4) is 0 Å². The first-order valence-corrected chi connectivity index (χ1v) is 10.3. The van der Waals surface area contributed by atoms with Gasteiger partial charge in [-0.3, -0.25) is 4.79 Å². The van der Waals surface area contributed by atoms with Gasteiger partial charge in [0.15, 0.2) is 17.1 Å². The van der Waals surface area contributed by atoms with Crippen LogP contribution in [0.15, 0.2) is 47.6 Å². The Morgan fingerprint density at radius 3 is 2.67 bits per heavy atom. The van der Waals surface area contributed by atoms with Gasteiger partial charge in [-0.2, -0.15) is 0 Å². The van der Waals surface area contributed by atoms with Crippen molar-refractivity contribution in [3.8, 4) is 11.5 Å². The summed E-state index contributed by atoms with van der Waals surface area (Å²) in [5.41, 5.74) is 0.679. The molecule has 1 atom stereocenters. The Hall–Kier alpha value is -2.78. The summed E-state index contributed by atoms with van der Waals surface area (Å²) in [6.07, 6.45) is -0.479. The van der Waals surface area contributed by atoms with Crippen LogP contribution in [-0.4, -0.2) is 33.5 Å². The molecule has 0 aliphatic carbocycles. The predicted molar refractivity (Wildman–Crippen MR) is 114 cm³/mol. The van der Waals surface area contributed by atoms with Crippen molar-refractivity contribution in [2.45, 2.75) is 18.2 Å². The molecule has 0 spiro atoms. The van der Waals surface area contributed by atoms with Crippen LogP contribution in [0, 0.1) is 5.82 Å². The minimum Gasteiger partial charge on any atom is -0.497 e. The van der Waals surface area contributed by atoms with Gasteiger partial charge in [0.05, 0.1) is 17.9 Å². The molecule has 0 saturated heterocycles. The number of hydrogen-bond donors (Lipinski definition) is 1. The van der Waals surface area contributed by atoms with Gasteiger partial charge >= 0.3 is 0 Å². The molecule has 1 heterocycles. The summed E-state index contributed by atoms with van der Waals surface area (Å²) in [6, 6.07) is 11.0. The minimum absolute atomic E-state index is 0.164. The van der Waals surface area contributed by atoms with Crippen molar-refractivity contribution in [1.82, 2.24) is 14.8 Å². The lowest BCUT2D eigenvalue weighted by atomic mass is 10.3. The fourth-order valence-corrected chi connectivity index (χ4v) is 3.55. The third kappa shape index (κ3) is 5.43. The fourth-order valence-electron chi connectivity index (χ4n) is 2.62. The second-order valence-corrected chi connectivity index (χ2v) is 7.65. The normalized spacial score (nSPS) is 11.8. The molecular formula is C20H20ClFN4O3S. The average Bonchev–Trinajstić information content (AvgIpc) is 3.09. The molecule has 0 saturated carbocycles. The highest BCUT2D eigenvalue weighted by Gasteiger charge is 2.19. The maximum absolute atomic E-state index is 13.2. The quantitative estimate of drug-likeness (QED) is 0.509. The van der Waals surface area contributed by atoms with E-state index < -0.39 is 11.9 Å². The molecule has 3 aromatic rings. The number of nitrogens with zero attached hydrogens (tertiary/aromatic N) is 3. The zero-order valence-electron chi connectivity index (χ0n) is 16.6. The van der Waals surface area contributed by atoms with Gasteiger partial charge in [0, 0.05) is 12.7 Å². The first-order valence-electron chi connectivity index (χ1n) is 8.95. The highest BCUT2D eigenvalue weighted by atomic mass is 35.5. The number of carbonyl (C=O) groups excluding carboxylic acids is 1. The number of nitrogens with one attached hydrogen (secondary N) is 1. The molecule has 1 amide bonds. The molecule has 1 N–H and O–H groups in total. The smallest absolute Gasteiger partial charge is 0.234 e. The van der Waals surface area contributed by atoms with Gasteiger partial charge in [-0.25, -0.2) is 4.39 Å². The summed E-state index contributed by atoms with van der Waals surface area (Å²) < 4.78 is 25.8. The molecule has 2 aromatic carbocycles. The molecule has 3 rings (SSSR count). The van der Waals surface area contributed by atoms with E-state index in [1.54, 1.807) is 49.9 Å². The van der Waals surface area contributed by atoms with E-state index in [1.807, 2.05) is 0 Å². The minimum atomic E-state index is -0.479. The Morgan fingerprint density at radius 1 is 1.27 bits per heavy atom. The van der Waals surface area contributed by atoms with E-state index in [2.05, 4.69) is 15.5 Å². The molecule has 7 nitrogen and oxygen atoms in total. The van der Waals surface area contributed by atoms with Crippen molar-refractivity contribution < 1.29 is 18.7 Å². The third-order valence-corrected chi connectivity index (χ3v) is 5.45. The summed E-state index contributed by atoms with van der Waals surface area (Å²) in [5, 5.41) is 11.8. The van der Waals surface area contributed by atoms with E-state index in [1.165, 1.54) is 30.0 Å². The average molecular weight is 451 g/mol. The number of rotatable bonds is 8. The third-order valence-electron chi connectivity index (χ3n) is 4.14. The first-order chi connectivity index (χ1) is 14.4. The maximum Gasteiger partial charge on any atom is 0.234 e. The number of thioether (sulfide) groups is 1. The molecular weight excluding hydrogens is 431 g/mol. The van der Waals surface area contributed by atoms with Gasteiger partial charge in [-0.1, -0.05) is 23.4 Å². The van der Waals surface area contributed by atoms with Crippen LogP contribution in [0.2, 0.25) is 5.02 Å². The maximum atomic E-state index is 13.2. The van der Waals surface area contributed by atoms with Gasteiger partial charge in [0.1, 0.15) is 17.3 Å². The molecule has 10 heteroatoms. The van der Waals surface area contributed by atoms with E-state index in [9.17, 15) is 9.18 Å². The highest BCUT2D eigenvalue weighted by molar-refractivity contribution is 7.99. The van der Waals surface area contributed by atoms with Crippen molar-refractivity contribution in [3.63, 3.8) is 0 Å². The topological polar surface area (TPSA) is 78.3 Å². The van der Waals surface area contributed by atoms with E-state index in [0.717, 1.165) is 0 Å². The van der Waals surface area contributed by atoms with Crippen LogP contribution in [0.1, 0.15) is 18.9 Å². The zero-order chi connectivity index (χ0) is 21.7. The number of amides is 1. The standard InChI is InChI=1S/C20H20ClFN4O3S/c1-12(29-17-9-4-13(22)10-16(17)21)19-24-25-20(26(19)2)30-11-18(27)23-14-5-7-15(28-3)8-6-14/h4-10,12H,11H2,1-3H3,(H,23,27). The summed E-state index contributed by atoms with van der Waals surface area (Å²) in [5.74, 6) is 1.17. The van der Waals surface area contributed by atoms with Crippen molar-refractivity contribution in [2.75, 3.05) is 18.2 Å². The largest absolute Gasteiger partial charge is 0.497 e. The van der Waals surface area contributed by atoms with Crippen LogP contribution in [-0.2, 0) is 11.8 Å². The number of ether oxygens (including phenoxy) is 2. The van der Waals surface area contributed by atoms with Gasteiger partial charge < -0.3 is 19.4 Å². The number of benzene rings is 2. The summed E-state index contributed by atoms with van der Waals surface area (Å²) in [4.78, 5) is 12.2. The number of carbonyl (C=O) groups is 1. The predicted octanol–water partition coefficient (Wildman–Crippen LogP) is 4.49. The van der Waals surface area contributed by atoms with Gasteiger partial charge in [0.2, 0.25) is 5.91 Å². The van der Waals surface area contributed by atoms with Crippen molar-refractivity contribution in [3.05, 3.63) is 59.1 Å². The van der Waals surface area contributed by atoms with Crippen LogP contribution < -0.4 is 14.8 Å². The van der Waals surface area contributed by atoms with Crippen molar-refractivity contribution >= 4 is 35.0 Å². The summed E-state index contributed by atoms with van der Waals surface area (Å²) in [6.45, 7) is 1.79. The van der Waals surface area contributed by atoms with Crippen molar-refractivity contribution in [1.29, 1.82) is 0 Å². The van der Waals surface area contributed by atoms with Crippen LogP contribution in [0.25, 0.3) is 0 Å². The van der Waals surface area contributed by atoms with E-state index in [0.29, 0.717) is 28.2 Å². The fraction of sp³-hybridized carbons (Fsp3) is 0.250. The molecule has 30 heavy (non-hydrogen) atoms. The Kier molecular flexibility index (Phi) is 7.17. The van der Waals surface area contributed by atoms with Crippen LogP contribution in [0.5, 0.6) is 11.5 Å². The number of hydrogen-bond acceptors (Lipinski definition) is 6. The Balaban J connectivity index is 1.58. The lowest BCUT2D eigenvalue weighted by molar-refractivity contribution is -0.113. The van der Waals surface area contributed by atoms with Gasteiger partial charge in [-0.15, -0.1) is 10.2 Å². The van der Waals surface area contributed by atoms with Gasteiger partial charge in [-0.05, 0) is 49.4 Å². The number of halogens is 2. The van der Waals surface area contributed by atoms with E-state index in [4.69, 9.17) is 21.1 Å². The number of anilines is 1. The zero-order valence-corrected chi connectivity index (χ0v) is 18.1. The monoisotopic (exact) mass is 450 g/mol.